The van der Waals surface area contributed by atoms with Crippen LogP contribution in [0.5, 0.6) is 0 Å². The highest BCUT2D eigenvalue weighted by Crippen LogP contribution is 2.22. The molecule has 8 heteroatoms. The molecule has 4 nitrogen and oxygen atoms in total. The molecule has 3 rings (SSSR count). The highest BCUT2D eigenvalue weighted by atomic mass is 19.2. The Hall–Kier alpha value is -2.90. The number of carbonyl (C=O) groups is 2. The molecule has 0 atom stereocenters. The maximum absolute atomic E-state index is 13.5. The van der Waals surface area contributed by atoms with Crippen LogP contribution in [0.25, 0.3) is 0 Å². The second-order valence-corrected chi connectivity index (χ2v) is 6.08. The predicted molar refractivity (Wildman–Crippen MR) is 85.1 cm³/mol. The van der Waals surface area contributed by atoms with E-state index in [0.29, 0.717) is 12.0 Å². The number of benzene rings is 2. The number of carbonyl (C=O) groups excluding carboxylic acids is 2. The lowest BCUT2D eigenvalue weighted by molar-refractivity contribution is -0.147. The Bertz CT molecular complexity index is 866. The Morgan fingerprint density at radius 3 is 2.42 bits per heavy atom. The van der Waals surface area contributed by atoms with Gasteiger partial charge in [-0.05, 0) is 42.2 Å². The van der Waals surface area contributed by atoms with Crippen LogP contribution in [0.4, 0.5) is 23.2 Å². The van der Waals surface area contributed by atoms with E-state index in [9.17, 15) is 27.2 Å². The molecule has 26 heavy (non-hydrogen) atoms. The monoisotopic (exact) mass is 366 g/mol. The van der Waals surface area contributed by atoms with Gasteiger partial charge < -0.3 is 10.2 Å². The number of likely N-dealkylation sites (tertiary alicyclic amines) is 1. The zero-order valence-corrected chi connectivity index (χ0v) is 13.4. The highest BCUT2D eigenvalue weighted by Gasteiger charge is 2.34. The van der Waals surface area contributed by atoms with Crippen molar-refractivity contribution in [3.05, 3.63) is 65.2 Å². The van der Waals surface area contributed by atoms with Gasteiger partial charge in [0.15, 0.2) is 23.3 Å². The SMILES string of the molecule is O=C(Nc1cccc(F)c1F)C(=O)N1CC(Cc2ccc(F)c(F)c2)C1. The fourth-order valence-corrected chi connectivity index (χ4v) is 2.78. The molecular weight excluding hydrogens is 352 g/mol. The Balaban J connectivity index is 1.53. The summed E-state index contributed by atoms with van der Waals surface area (Å²) in [6, 6.07) is 6.84. The molecule has 136 valence electrons. The molecule has 1 N–H and O–H groups in total. The third-order valence-corrected chi connectivity index (χ3v) is 4.15. The van der Waals surface area contributed by atoms with Crippen molar-refractivity contribution in [2.24, 2.45) is 5.92 Å². The minimum absolute atomic E-state index is 0.00233. The first-order chi connectivity index (χ1) is 12.3. The molecule has 0 unspecified atom stereocenters. The molecule has 0 aliphatic carbocycles. The number of hydrogen-bond donors (Lipinski definition) is 1. The first-order valence-corrected chi connectivity index (χ1v) is 7.83. The van der Waals surface area contributed by atoms with E-state index in [1.807, 2.05) is 5.32 Å². The Labute approximate surface area is 146 Å². The van der Waals surface area contributed by atoms with Gasteiger partial charge in [-0.2, -0.15) is 0 Å². The zero-order chi connectivity index (χ0) is 18.8. The first-order valence-electron chi connectivity index (χ1n) is 7.83. The van der Waals surface area contributed by atoms with Crippen molar-refractivity contribution in [1.29, 1.82) is 0 Å². The fraction of sp³-hybridized carbons (Fsp3) is 0.222. The van der Waals surface area contributed by atoms with Gasteiger partial charge in [-0.1, -0.05) is 12.1 Å². The van der Waals surface area contributed by atoms with Gasteiger partial charge in [-0.25, -0.2) is 17.6 Å². The number of halogens is 4. The summed E-state index contributed by atoms with van der Waals surface area (Å²) in [5.41, 5.74) is 0.175. The minimum atomic E-state index is -1.24. The van der Waals surface area contributed by atoms with Crippen LogP contribution in [0.1, 0.15) is 5.56 Å². The van der Waals surface area contributed by atoms with Crippen molar-refractivity contribution in [3.63, 3.8) is 0 Å². The van der Waals surface area contributed by atoms with Gasteiger partial charge in [0.2, 0.25) is 0 Å². The average molecular weight is 366 g/mol. The van der Waals surface area contributed by atoms with E-state index < -0.39 is 40.8 Å². The maximum atomic E-state index is 13.5. The topological polar surface area (TPSA) is 49.4 Å². The zero-order valence-electron chi connectivity index (χ0n) is 13.4. The Morgan fingerprint density at radius 1 is 1.00 bits per heavy atom. The van der Waals surface area contributed by atoms with Crippen molar-refractivity contribution in [2.45, 2.75) is 6.42 Å². The van der Waals surface area contributed by atoms with Crippen LogP contribution in [0.2, 0.25) is 0 Å². The van der Waals surface area contributed by atoms with Crippen LogP contribution in [-0.4, -0.2) is 29.8 Å². The van der Waals surface area contributed by atoms with Gasteiger partial charge in [0.1, 0.15) is 0 Å². The first kappa shape index (κ1) is 17.9. The lowest BCUT2D eigenvalue weighted by Crippen LogP contribution is -2.54. The van der Waals surface area contributed by atoms with E-state index in [4.69, 9.17) is 0 Å². The van der Waals surface area contributed by atoms with Crippen LogP contribution < -0.4 is 5.32 Å². The number of nitrogens with zero attached hydrogens (tertiary/aromatic N) is 1. The molecular formula is C18H14F4N2O2. The molecule has 0 saturated carbocycles. The fourth-order valence-electron chi connectivity index (χ4n) is 2.78. The Kier molecular flexibility index (Phi) is 4.92. The molecule has 1 aliphatic heterocycles. The van der Waals surface area contributed by atoms with Crippen LogP contribution in [-0.2, 0) is 16.0 Å². The van der Waals surface area contributed by atoms with Crippen molar-refractivity contribution < 1.29 is 27.2 Å². The van der Waals surface area contributed by atoms with Gasteiger partial charge >= 0.3 is 11.8 Å². The van der Waals surface area contributed by atoms with E-state index in [0.717, 1.165) is 24.3 Å². The summed E-state index contributed by atoms with van der Waals surface area (Å²) >= 11 is 0. The maximum Gasteiger partial charge on any atom is 0.313 e. The van der Waals surface area contributed by atoms with Crippen LogP contribution in [0, 0.1) is 29.2 Å². The van der Waals surface area contributed by atoms with Crippen molar-refractivity contribution >= 4 is 17.5 Å². The summed E-state index contributed by atoms with van der Waals surface area (Å²) in [7, 11) is 0. The van der Waals surface area contributed by atoms with Gasteiger partial charge in [-0.3, -0.25) is 9.59 Å². The second-order valence-electron chi connectivity index (χ2n) is 6.08. The van der Waals surface area contributed by atoms with Crippen LogP contribution in [0.15, 0.2) is 36.4 Å². The number of anilines is 1. The van der Waals surface area contributed by atoms with Gasteiger partial charge in [0.25, 0.3) is 0 Å². The molecule has 0 radical (unpaired) electrons. The normalized spacial score (nSPS) is 14.1. The van der Waals surface area contributed by atoms with Crippen molar-refractivity contribution in [1.82, 2.24) is 4.90 Å². The summed E-state index contributed by atoms with van der Waals surface area (Å²) in [5.74, 6) is -6.18. The smallest absolute Gasteiger partial charge is 0.313 e. The van der Waals surface area contributed by atoms with E-state index in [1.165, 1.54) is 17.0 Å². The standard InChI is InChI=1S/C18H14F4N2O2/c19-12-5-4-10(7-14(12)21)6-11-8-24(9-11)18(26)17(25)23-15-3-1-2-13(20)16(15)22/h1-5,7,11H,6,8-9H2,(H,23,25). The summed E-state index contributed by atoms with van der Waals surface area (Å²) < 4.78 is 52.7. The highest BCUT2D eigenvalue weighted by molar-refractivity contribution is 6.39. The number of rotatable bonds is 3. The third-order valence-electron chi connectivity index (χ3n) is 4.15. The molecule has 1 heterocycles. The van der Waals surface area contributed by atoms with E-state index in [2.05, 4.69) is 0 Å². The van der Waals surface area contributed by atoms with E-state index in [-0.39, 0.29) is 19.0 Å². The molecule has 1 fully saturated rings. The van der Waals surface area contributed by atoms with Crippen molar-refractivity contribution in [2.75, 3.05) is 18.4 Å². The van der Waals surface area contributed by atoms with Crippen LogP contribution in [0.3, 0.4) is 0 Å². The van der Waals surface area contributed by atoms with Gasteiger partial charge in [0, 0.05) is 13.1 Å². The lowest BCUT2D eigenvalue weighted by Gasteiger charge is -2.38. The largest absolute Gasteiger partial charge is 0.334 e. The number of nitrogens with one attached hydrogen (secondary N) is 1. The molecule has 2 amide bonds. The second kappa shape index (κ2) is 7.15. The van der Waals surface area contributed by atoms with Crippen molar-refractivity contribution in [3.8, 4) is 0 Å². The summed E-state index contributed by atoms with van der Waals surface area (Å²) in [6.45, 7) is 0.522. The van der Waals surface area contributed by atoms with Gasteiger partial charge in [-0.15, -0.1) is 0 Å². The lowest BCUT2D eigenvalue weighted by atomic mass is 9.92. The van der Waals surface area contributed by atoms with Gasteiger partial charge in [0.05, 0.1) is 5.69 Å². The summed E-state index contributed by atoms with van der Waals surface area (Å²) in [4.78, 5) is 25.1. The molecule has 2 aromatic carbocycles. The molecule has 0 aromatic heterocycles. The molecule has 0 spiro atoms. The van der Waals surface area contributed by atoms with E-state index >= 15 is 0 Å². The molecule has 1 aliphatic rings. The third kappa shape index (κ3) is 3.68. The summed E-state index contributed by atoms with van der Waals surface area (Å²) in [5, 5.41) is 2.04. The quantitative estimate of drug-likeness (QED) is 0.671. The average Bonchev–Trinajstić information content (AvgIpc) is 2.57. The summed E-state index contributed by atoms with van der Waals surface area (Å²) in [6.07, 6.45) is 0.432. The number of hydrogen-bond acceptors (Lipinski definition) is 2. The molecule has 0 bridgehead atoms. The van der Waals surface area contributed by atoms with Crippen LogP contribution >= 0.6 is 0 Å². The Morgan fingerprint density at radius 2 is 1.73 bits per heavy atom. The minimum Gasteiger partial charge on any atom is -0.334 e. The molecule has 1 saturated heterocycles. The predicted octanol–water partition coefficient (Wildman–Crippen LogP) is 2.88. The van der Waals surface area contributed by atoms with E-state index in [1.54, 1.807) is 0 Å². The molecule has 2 aromatic rings. The number of amides is 2.